The maximum atomic E-state index is 11.5. The van der Waals surface area contributed by atoms with Gasteiger partial charge in [0.15, 0.2) is 11.5 Å². The van der Waals surface area contributed by atoms with Gasteiger partial charge in [0.25, 0.3) is 0 Å². The number of aliphatic hydroxyl groups excluding tert-OH is 3. The lowest BCUT2D eigenvalue weighted by molar-refractivity contribution is -0.244. The van der Waals surface area contributed by atoms with Crippen molar-refractivity contribution < 1.29 is 43.9 Å². The predicted octanol–water partition coefficient (Wildman–Crippen LogP) is -0.796. The summed E-state index contributed by atoms with van der Waals surface area (Å²) in [7, 11) is 2.68. The van der Waals surface area contributed by atoms with Gasteiger partial charge < -0.3 is 39.6 Å². The number of methoxy groups -OCH3 is 2. The Bertz CT molecular complexity index is 751. The average molecular weight is 411 g/mol. The van der Waals surface area contributed by atoms with E-state index in [0.29, 0.717) is 11.3 Å². The van der Waals surface area contributed by atoms with E-state index in [2.05, 4.69) is 10.1 Å². The van der Waals surface area contributed by atoms with Crippen molar-refractivity contribution in [2.45, 2.75) is 37.6 Å². The van der Waals surface area contributed by atoms with Gasteiger partial charge in [-0.3, -0.25) is 4.79 Å². The summed E-state index contributed by atoms with van der Waals surface area (Å²) < 4.78 is 21.2. The van der Waals surface area contributed by atoms with Crippen LogP contribution in [-0.2, 0) is 19.1 Å². The van der Waals surface area contributed by atoms with Gasteiger partial charge >= 0.3 is 5.97 Å². The third kappa shape index (κ3) is 5.67. The van der Waals surface area contributed by atoms with Crippen LogP contribution in [0.25, 0.3) is 6.08 Å². The van der Waals surface area contributed by atoms with Crippen LogP contribution in [0.1, 0.15) is 12.5 Å². The maximum Gasteiger partial charge on any atom is 0.330 e. The van der Waals surface area contributed by atoms with Crippen molar-refractivity contribution in [1.29, 1.82) is 0 Å². The highest BCUT2D eigenvalue weighted by Gasteiger charge is 2.46. The predicted molar refractivity (Wildman–Crippen MR) is 100 cm³/mol. The Morgan fingerprint density at radius 2 is 1.93 bits per heavy atom. The minimum absolute atomic E-state index is 0.225. The van der Waals surface area contributed by atoms with Crippen LogP contribution in [0.15, 0.2) is 24.3 Å². The number of ether oxygens (including phenoxy) is 4. The first-order chi connectivity index (χ1) is 13.8. The van der Waals surface area contributed by atoms with Crippen LogP contribution in [0.2, 0.25) is 0 Å². The Morgan fingerprint density at radius 3 is 2.52 bits per heavy atom. The molecule has 160 valence electrons. The molecule has 1 aliphatic rings. The molecule has 10 nitrogen and oxygen atoms in total. The number of carbonyl (C=O) groups excluding carboxylic acids is 2. The molecule has 0 spiro atoms. The summed E-state index contributed by atoms with van der Waals surface area (Å²) in [4.78, 5) is 22.7. The van der Waals surface area contributed by atoms with Crippen LogP contribution in [0.5, 0.6) is 11.5 Å². The molecule has 0 bridgehead atoms. The van der Waals surface area contributed by atoms with Crippen molar-refractivity contribution in [1.82, 2.24) is 5.32 Å². The second kappa shape index (κ2) is 10.2. The third-order valence-corrected chi connectivity index (χ3v) is 4.29. The first-order valence-corrected chi connectivity index (χ1v) is 8.81. The fraction of sp³-hybridized carbons (Fsp3) is 0.474. The van der Waals surface area contributed by atoms with E-state index in [1.165, 1.54) is 33.3 Å². The minimum atomic E-state index is -1.43. The van der Waals surface area contributed by atoms with E-state index in [-0.39, 0.29) is 5.75 Å². The molecular formula is C19H25NO9. The molecule has 0 saturated carbocycles. The average Bonchev–Trinajstić information content (AvgIpc) is 2.71. The SMILES string of the molecule is COC(=O)/C=C/c1ccc(O[C@H]2O[C@@H](CO)[C@@H](O)[C@@H](O)[C@H]2NC(C)=O)c(OC)c1. The van der Waals surface area contributed by atoms with Gasteiger partial charge in [0.1, 0.15) is 24.4 Å². The highest BCUT2D eigenvalue weighted by atomic mass is 16.7. The summed E-state index contributed by atoms with van der Waals surface area (Å²) in [5.74, 6) is -0.455. The van der Waals surface area contributed by atoms with Crippen LogP contribution < -0.4 is 14.8 Å². The summed E-state index contributed by atoms with van der Waals surface area (Å²) in [6.45, 7) is 0.691. The third-order valence-electron chi connectivity index (χ3n) is 4.29. The van der Waals surface area contributed by atoms with E-state index in [1.807, 2.05) is 0 Å². The number of hydrogen-bond donors (Lipinski definition) is 4. The van der Waals surface area contributed by atoms with Crippen LogP contribution in [0.4, 0.5) is 0 Å². The number of nitrogens with one attached hydrogen (secondary N) is 1. The van der Waals surface area contributed by atoms with E-state index in [4.69, 9.17) is 14.2 Å². The Kier molecular flexibility index (Phi) is 7.97. The Balaban J connectivity index is 2.27. The number of benzene rings is 1. The van der Waals surface area contributed by atoms with Crippen LogP contribution in [-0.4, -0.2) is 78.7 Å². The van der Waals surface area contributed by atoms with Crippen molar-refractivity contribution in [3.8, 4) is 11.5 Å². The fourth-order valence-electron chi connectivity index (χ4n) is 2.81. The smallest absolute Gasteiger partial charge is 0.330 e. The molecule has 0 radical (unpaired) electrons. The van der Waals surface area contributed by atoms with Crippen LogP contribution in [0.3, 0.4) is 0 Å². The van der Waals surface area contributed by atoms with E-state index in [9.17, 15) is 24.9 Å². The number of amides is 1. The van der Waals surface area contributed by atoms with Gasteiger partial charge in [0.2, 0.25) is 12.2 Å². The quantitative estimate of drug-likeness (QED) is 0.335. The normalized spacial score (nSPS) is 26.8. The molecular weight excluding hydrogens is 386 g/mol. The van der Waals surface area contributed by atoms with Gasteiger partial charge in [-0.2, -0.15) is 0 Å². The van der Waals surface area contributed by atoms with Gasteiger partial charge in [-0.05, 0) is 23.8 Å². The summed E-state index contributed by atoms with van der Waals surface area (Å²) >= 11 is 0. The minimum Gasteiger partial charge on any atom is -0.493 e. The molecule has 0 aliphatic carbocycles. The lowest BCUT2D eigenvalue weighted by atomic mass is 9.97. The van der Waals surface area contributed by atoms with E-state index in [1.54, 1.807) is 18.2 Å². The first-order valence-electron chi connectivity index (χ1n) is 8.81. The van der Waals surface area contributed by atoms with Crippen molar-refractivity contribution in [3.63, 3.8) is 0 Å². The molecule has 4 N–H and O–H groups in total. The van der Waals surface area contributed by atoms with Crippen LogP contribution >= 0.6 is 0 Å². The monoisotopic (exact) mass is 411 g/mol. The van der Waals surface area contributed by atoms with Crippen LogP contribution in [0, 0.1) is 0 Å². The Labute approximate surface area is 167 Å². The van der Waals surface area contributed by atoms with Crippen molar-refractivity contribution >= 4 is 18.0 Å². The second-order valence-corrected chi connectivity index (χ2v) is 6.32. The summed E-state index contributed by atoms with van der Waals surface area (Å²) in [6.07, 6.45) is -2.38. The highest BCUT2D eigenvalue weighted by Crippen LogP contribution is 2.32. The molecule has 29 heavy (non-hydrogen) atoms. The second-order valence-electron chi connectivity index (χ2n) is 6.32. The first kappa shape index (κ1) is 22.6. The number of carbonyl (C=O) groups is 2. The molecule has 1 saturated heterocycles. The van der Waals surface area contributed by atoms with Gasteiger partial charge in [0, 0.05) is 13.0 Å². The van der Waals surface area contributed by atoms with Gasteiger partial charge in [-0.1, -0.05) is 6.07 Å². The van der Waals surface area contributed by atoms with Gasteiger partial charge in [0.05, 0.1) is 20.8 Å². The molecule has 1 aromatic carbocycles. The lowest BCUT2D eigenvalue weighted by Gasteiger charge is -2.42. The summed E-state index contributed by atoms with van der Waals surface area (Å²) in [6, 6.07) is 3.70. The lowest BCUT2D eigenvalue weighted by Crippen LogP contribution is -2.65. The van der Waals surface area contributed by atoms with Crippen molar-refractivity contribution in [2.24, 2.45) is 0 Å². The number of rotatable bonds is 7. The number of esters is 1. The standard InChI is InChI=1S/C19H25NO9/c1-10(22)20-16-18(25)17(24)14(9-21)29-19(16)28-12-6-4-11(8-13(12)26-2)5-7-15(23)27-3/h4-8,14,16-19,21,24-25H,9H2,1-3H3,(H,20,22)/b7-5+/t14-,16+,17+,18-,19-/m0/s1. The molecule has 1 aromatic rings. The molecule has 2 rings (SSSR count). The molecule has 1 aliphatic heterocycles. The van der Waals surface area contributed by atoms with Gasteiger partial charge in [-0.25, -0.2) is 4.79 Å². The number of aliphatic hydroxyl groups is 3. The largest absolute Gasteiger partial charge is 0.493 e. The Hall–Kier alpha value is -2.66. The summed E-state index contributed by atoms with van der Waals surface area (Å²) in [5, 5.41) is 32.3. The highest BCUT2D eigenvalue weighted by molar-refractivity contribution is 5.87. The molecule has 10 heteroatoms. The van der Waals surface area contributed by atoms with Crippen molar-refractivity contribution in [2.75, 3.05) is 20.8 Å². The molecule has 0 unspecified atom stereocenters. The molecule has 1 fully saturated rings. The zero-order valence-electron chi connectivity index (χ0n) is 16.3. The maximum absolute atomic E-state index is 11.5. The van der Waals surface area contributed by atoms with E-state index in [0.717, 1.165) is 0 Å². The zero-order valence-corrected chi connectivity index (χ0v) is 16.3. The summed E-state index contributed by atoms with van der Waals surface area (Å²) in [5.41, 5.74) is 0.631. The molecule has 0 aromatic heterocycles. The molecule has 1 heterocycles. The number of hydrogen-bond acceptors (Lipinski definition) is 9. The van der Waals surface area contributed by atoms with Gasteiger partial charge in [-0.15, -0.1) is 0 Å². The van der Waals surface area contributed by atoms with Crippen molar-refractivity contribution in [3.05, 3.63) is 29.8 Å². The zero-order chi connectivity index (χ0) is 21.6. The Morgan fingerprint density at radius 1 is 1.21 bits per heavy atom. The molecule has 5 atom stereocenters. The van der Waals surface area contributed by atoms with E-state index >= 15 is 0 Å². The van der Waals surface area contributed by atoms with E-state index < -0.39 is 49.1 Å². The topological polar surface area (TPSA) is 144 Å². The molecule has 1 amide bonds. The fourth-order valence-corrected chi connectivity index (χ4v) is 2.81.